The van der Waals surface area contributed by atoms with Crippen molar-refractivity contribution >= 4 is 17.0 Å². The highest BCUT2D eigenvalue weighted by Crippen LogP contribution is 2.51. The Bertz CT molecular complexity index is 669. The van der Waals surface area contributed by atoms with Crippen LogP contribution in [0.3, 0.4) is 0 Å². The van der Waals surface area contributed by atoms with Crippen LogP contribution in [-0.2, 0) is 0 Å². The molecule has 0 aliphatic heterocycles. The van der Waals surface area contributed by atoms with Gasteiger partial charge in [-0.2, -0.15) is 0 Å². The SMILES string of the molecule is CC1(C)CC(n2c(N)nc3c(F)cccc32)CC(C)(C)C1. The van der Waals surface area contributed by atoms with Gasteiger partial charge in [-0.3, -0.25) is 0 Å². The molecule has 0 radical (unpaired) electrons. The molecule has 1 saturated carbocycles. The molecule has 1 aromatic heterocycles. The Balaban J connectivity index is 2.12. The molecule has 21 heavy (non-hydrogen) atoms. The summed E-state index contributed by atoms with van der Waals surface area (Å²) in [5.74, 6) is 0.126. The molecule has 1 aliphatic rings. The van der Waals surface area contributed by atoms with Gasteiger partial charge in [-0.25, -0.2) is 9.37 Å². The lowest BCUT2D eigenvalue weighted by Crippen LogP contribution is -2.35. The molecular formula is C17H24FN3. The predicted molar refractivity (Wildman–Crippen MR) is 84.6 cm³/mol. The molecule has 0 unspecified atom stereocenters. The third-order valence-corrected chi connectivity index (χ3v) is 4.60. The zero-order valence-corrected chi connectivity index (χ0v) is 13.3. The summed E-state index contributed by atoms with van der Waals surface area (Å²) in [6.07, 6.45) is 3.28. The number of anilines is 1. The van der Waals surface area contributed by atoms with Crippen LogP contribution in [-0.4, -0.2) is 9.55 Å². The second kappa shape index (κ2) is 4.46. The van der Waals surface area contributed by atoms with Crippen molar-refractivity contribution in [3.63, 3.8) is 0 Å². The molecular weight excluding hydrogens is 265 g/mol. The van der Waals surface area contributed by atoms with Crippen LogP contribution in [0.2, 0.25) is 0 Å². The van der Waals surface area contributed by atoms with Crippen molar-refractivity contribution in [2.45, 2.75) is 53.0 Å². The molecule has 114 valence electrons. The zero-order chi connectivity index (χ0) is 15.4. The minimum atomic E-state index is -0.299. The van der Waals surface area contributed by atoms with Crippen LogP contribution in [0.15, 0.2) is 18.2 Å². The van der Waals surface area contributed by atoms with E-state index in [-0.39, 0.29) is 22.7 Å². The summed E-state index contributed by atoms with van der Waals surface area (Å²) in [5, 5.41) is 0. The van der Waals surface area contributed by atoms with Crippen LogP contribution in [0.25, 0.3) is 11.0 Å². The standard InChI is InChI=1S/C17H24FN3/c1-16(2)8-11(9-17(3,4)10-16)21-13-7-5-6-12(18)14(13)20-15(21)19/h5-7,11H,8-10H2,1-4H3,(H2,19,20). The molecule has 1 aliphatic carbocycles. The van der Waals surface area contributed by atoms with Crippen LogP contribution in [0.5, 0.6) is 0 Å². The number of imidazole rings is 1. The van der Waals surface area contributed by atoms with Crippen LogP contribution in [0.1, 0.15) is 53.0 Å². The lowest BCUT2D eigenvalue weighted by Gasteiger charge is -2.45. The van der Waals surface area contributed by atoms with Crippen molar-refractivity contribution in [1.82, 2.24) is 9.55 Å². The minimum absolute atomic E-state index is 0.253. The van der Waals surface area contributed by atoms with Gasteiger partial charge in [0.2, 0.25) is 5.95 Å². The first-order valence-electron chi connectivity index (χ1n) is 7.61. The summed E-state index contributed by atoms with van der Waals surface area (Å²) >= 11 is 0. The van der Waals surface area contributed by atoms with Crippen LogP contribution in [0.4, 0.5) is 10.3 Å². The van der Waals surface area contributed by atoms with Gasteiger partial charge in [-0.15, -0.1) is 0 Å². The molecule has 0 amide bonds. The highest BCUT2D eigenvalue weighted by atomic mass is 19.1. The number of hydrogen-bond donors (Lipinski definition) is 1. The summed E-state index contributed by atoms with van der Waals surface area (Å²) in [6.45, 7) is 9.21. The summed E-state index contributed by atoms with van der Waals surface area (Å²) in [6, 6.07) is 5.36. The number of para-hydroxylation sites is 1. The van der Waals surface area contributed by atoms with E-state index in [1.165, 1.54) is 12.5 Å². The normalized spacial score (nSPS) is 21.8. The third-order valence-electron chi connectivity index (χ3n) is 4.60. The highest BCUT2D eigenvalue weighted by molar-refractivity contribution is 5.79. The van der Waals surface area contributed by atoms with Crippen LogP contribution < -0.4 is 5.73 Å². The lowest BCUT2D eigenvalue weighted by atomic mass is 9.63. The van der Waals surface area contributed by atoms with Crippen molar-refractivity contribution in [3.05, 3.63) is 24.0 Å². The largest absolute Gasteiger partial charge is 0.369 e. The number of fused-ring (bicyclic) bond motifs is 1. The van der Waals surface area contributed by atoms with Crippen molar-refractivity contribution in [2.24, 2.45) is 10.8 Å². The van der Waals surface area contributed by atoms with Gasteiger partial charge in [0.25, 0.3) is 0 Å². The molecule has 3 rings (SSSR count). The van der Waals surface area contributed by atoms with Crippen molar-refractivity contribution < 1.29 is 4.39 Å². The fourth-order valence-electron chi connectivity index (χ4n) is 4.45. The van der Waals surface area contributed by atoms with E-state index < -0.39 is 0 Å². The molecule has 3 nitrogen and oxygen atoms in total. The molecule has 2 N–H and O–H groups in total. The average Bonchev–Trinajstić information content (AvgIpc) is 2.62. The summed E-state index contributed by atoms with van der Waals surface area (Å²) in [5.41, 5.74) is 7.82. The molecule has 1 heterocycles. The molecule has 0 spiro atoms. The van der Waals surface area contributed by atoms with Gasteiger partial charge in [-0.1, -0.05) is 33.8 Å². The number of hydrogen-bond acceptors (Lipinski definition) is 2. The first-order chi connectivity index (χ1) is 9.69. The topological polar surface area (TPSA) is 43.8 Å². The van der Waals surface area contributed by atoms with E-state index in [0.717, 1.165) is 18.4 Å². The number of nitrogens with zero attached hydrogens (tertiary/aromatic N) is 2. The highest BCUT2D eigenvalue weighted by Gasteiger charge is 2.40. The number of halogens is 1. The van der Waals surface area contributed by atoms with Gasteiger partial charge in [0.05, 0.1) is 5.52 Å². The summed E-state index contributed by atoms with van der Waals surface area (Å²) in [7, 11) is 0. The van der Waals surface area contributed by atoms with Gasteiger partial charge in [0.1, 0.15) is 5.52 Å². The Labute approximate surface area is 125 Å². The van der Waals surface area contributed by atoms with E-state index in [2.05, 4.69) is 32.7 Å². The minimum Gasteiger partial charge on any atom is -0.369 e. The van der Waals surface area contributed by atoms with E-state index in [9.17, 15) is 4.39 Å². The zero-order valence-electron chi connectivity index (χ0n) is 13.3. The third kappa shape index (κ3) is 2.52. The van der Waals surface area contributed by atoms with Gasteiger partial charge < -0.3 is 10.3 Å². The first kappa shape index (κ1) is 14.4. The van der Waals surface area contributed by atoms with Crippen molar-refractivity contribution in [3.8, 4) is 0 Å². The maximum absolute atomic E-state index is 13.9. The molecule has 1 aromatic carbocycles. The number of rotatable bonds is 1. The number of aromatic nitrogens is 2. The smallest absolute Gasteiger partial charge is 0.201 e. The van der Waals surface area contributed by atoms with Gasteiger partial charge in [0.15, 0.2) is 5.82 Å². The van der Waals surface area contributed by atoms with Crippen LogP contribution in [0, 0.1) is 16.6 Å². The second-order valence-corrected chi connectivity index (χ2v) is 8.01. The van der Waals surface area contributed by atoms with Gasteiger partial charge in [0, 0.05) is 6.04 Å². The van der Waals surface area contributed by atoms with Crippen molar-refractivity contribution in [1.29, 1.82) is 0 Å². The van der Waals surface area contributed by atoms with E-state index in [4.69, 9.17) is 5.73 Å². The quantitative estimate of drug-likeness (QED) is 0.838. The Kier molecular flexibility index (Phi) is 3.05. The van der Waals surface area contributed by atoms with Crippen molar-refractivity contribution in [2.75, 3.05) is 5.73 Å². The average molecular weight is 289 g/mol. The molecule has 1 fully saturated rings. The Hall–Kier alpha value is -1.58. The molecule has 0 saturated heterocycles. The van der Waals surface area contributed by atoms with E-state index in [1.807, 2.05) is 10.6 Å². The predicted octanol–water partition coefficient (Wildman–Crippen LogP) is 4.54. The van der Waals surface area contributed by atoms with E-state index in [0.29, 0.717) is 11.5 Å². The summed E-state index contributed by atoms with van der Waals surface area (Å²) < 4.78 is 16.0. The first-order valence-corrected chi connectivity index (χ1v) is 7.61. The molecule has 4 heteroatoms. The van der Waals surface area contributed by atoms with Gasteiger partial charge in [-0.05, 0) is 42.2 Å². The Morgan fingerprint density at radius 2 is 1.81 bits per heavy atom. The Morgan fingerprint density at radius 3 is 2.43 bits per heavy atom. The number of benzene rings is 1. The summed E-state index contributed by atoms with van der Waals surface area (Å²) in [4.78, 5) is 4.25. The van der Waals surface area contributed by atoms with Gasteiger partial charge >= 0.3 is 0 Å². The monoisotopic (exact) mass is 289 g/mol. The molecule has 2 aromatic rings. The Morgan fingerprint density at radius 1 is 1.19 bits per heavy atom. The number of nitrogens with two attached hydrogens (primary N) is 1. The fourth-order valence-corrected chi connectivity index (χ4v) is 4.45. The molecule has 0 atom stereocenters. The maximum Gasteiger partial charge on any atom is 0.201 e. The maximum atomic E-state index is 13.9. The second-order valence-electron chi connectivity index (χ2n) is 8.01. The molecule has 0 bridgehead atoms. The fraction of sp³-hybridized carbons (Fsp3) is 0.588. The van der Waals surface area contributed by atoms with E-state index >= 15 is 0 Å². The number of nitrogen functional groups attached to an aromatic ring is 1. The van der Waals surface area contributed by atoms with E-state index in [1.54, 1.807) is 6.07 Å². The van der Waals surface area contributed by atoms with Crippen LogP contribution >= 0.6 is 0 Å². The lowest BCUT2D eigenvalue weighted by molar-refractivity contribution is 0.0746.